The second-order valence-electron chi connectivity index (χ2n) is 5.72. The predicted octanol–water partition coefficient (Wildman–Crippen LogP) is 2.18. The third-order valence-electron chi connectivity index (χ3n) is 4.72. The topological polar surface area (TPSA) is 54.4 Å². The second-order valence-corrected chi connectivity index (χ2v) is 5.72. The normalized spacial score (nSPS) is 32.4. The Kier molecular flexibility index (Phi) is 2.77. The minimum Gasteiger partial charge on any atom is -0.389 e. The van der Waals surface area contributed by atoms with Gasteiger partial charge in [0.2, 0.25) is 0 Å². The molecule has 0 aliphatic heterocycles. The molecule has 0 radical (unpaired) electrons. The molecule has 1 saturated carbocycles. The lowest BCUT2D eigenvalue weighted by atomic mass is 9.59. The van der Waals surface area contributed by atoms with E-state index in [2.05, 4.69) is 0 Å². The van der Waals surface area contributed by atoms with Crippen LogP contribution in [0, 0.1) is 5.41 Å². The van der Waals surface area contributed by atoms with E-state index >= 15 is 0 Å². The maximum Gasteiger partial charge on any atom is 0.169 e. The molecule has 1 atom stereocenters. The average molecular weight is 236 g/mol. The Morgan fingerprint density at radius 2 is 1.82 bits per heavy atom. The smallest absolute Gasteiger partial charge is 0.169 e. The molecule has 2 rings (SSSR count). The summed E-state index contributed by atoms with van der Waals surface area (Å²) < 4.78 is 0. The first-order chi connectivity index (χ1) is 7.82. The first-order valence-corrected chi connectivity index (χ1v) is 6.30. The number of carbonyl (C=O) groups excluding carboxylic acids is 2. The summed E-state index contributed by atoms with van der Waals surface area (Å²) in [7, 11) is 0. The van der Waals surface area contributed by atoms with Crippen LogP contribution in [0.4, 0.5) is 0 Å². The van der Waals surface area contributed by atoms with Gasteiger partial charge in [-0.05, 0) is 39.2 Å². The van der Waals surface area contributed by atoms with Crippen molar-refractivity contribution in [3.8, 4) is 0 Å². The zero-order valence-electron chi connectivity index (χ0n) is 10.8. The van der Waals surface area contributed by atoms with Crippen molar-refractivity contribution in [3.63, 3.8) is 0 Å². The standard InChI is InChI=1S/C14H20O3/c1-9-12(10(2)15)11(16)8-13(3,17)14(9)6-4-5-7-14/h17H,4-8H2,1-3H3. The monoisotopic (exact) mass is 236 g/mol. The summed E-state index contributed by atoms with van der Waals surface area (Å²) in [5.41, 5.74) is -0.173. The fourth-order valence-corrected chi connectivity index (χ4v) is 3.78. The molecule has 3 heteroatoms. The first-order valence-electron chi connectivity index (χ1n) is 6.30. The van der Waals surface area contributed by atoms with Crippen LogP contribution in [0.2, 0.25) is 0 Å². The Hall–Kier alpha value is -0.960. The van der Waals surface area contributed by atoms with Crippen LogP contribution in [0.15, 0.2) is 11.1 Å². The summed E-state index contributed by atoms with van der Waals surface area (Å²) in [4.78, 5) is 23.6. The highest BCUT2D eigenvalue weighted by Gasteiger charge is 2.55. The third kappa shape index (κ3) is 1.60. The molecule has 0 aromatic carbocycles. The van der Waals surface area contributed by atoms with Crippen molar-refractivity contribution in [1.29, 1.82) is 0 Å². The van der Waals surface area contributed by atoms with Crippen molar-refractivity contribution >= 4 is 11.6 Å². The van der Waals surface area contributed by atoms with E-state index in [1.165, 1.54) is 6.92 Å². The van der Waals surface area contributed by atoms with E-state index in [1.54, 1.807) is 6.92 Å². The Morgan fingerprint density at radius 1 is 1.29 bits per heavy atom. The fraction of sp³-hybridized carbons (Fsp3) is 0.714. The number of hydrogen-bond donors (Lipinski definition) is 1. The van der Waals surface area contributed by atoms with Crippen LogP contribution < -0.4 is 0 Å². The molecule has 0 bridgehead atoms. The maximum atomic E-state index is 12.0. The summed E-state index contributed by atoms with van der Waals surface area (Å²) in [5.74, 6) is -0.355. The first kappa shape index (κ1) is 12.5. The Morgan fingerprint density at radius 3 is 2.29 bits per heavy atom. The highest BCUT2D eigenvalue weighted by atomic mass is 16.3. The van der Waals surface area contributed by atoms with E-state index < -0.39 is 5.60 Å². The van der Waals surface area contributed by atoms with Gasteiger partial charge in [0.05, 0.1) is 11.2 Å². The number of hydrogen-bond acceptors (Lipinski definition) is 3. The van der Waals surface area contributed by atoms with E-state index in [0.29, 0.717) is 5.57 Å². The molecular formula is C14H20O3. The molecule has 0 saturated heterocycles. The van der Waals surface area contributed by atoms with Crippen molar-refractivity contribution in [1.82, 2.24) is 0 Å². The molecule has 2 aliphatic carbocycles. The molecule has 94 valence electrons. The van der Waals surface area contributed by atoms with Crippen LogP contribution >= 0.6 is 0 Å². The predicted molar refractivity (Wildman–Crippen MR) is 64.5 cm³/mol. The highest BCUT2D eigenvalue weighted by molar-refractivity contribution is 6.21. The lowest BCUT2D eigenvalue weighted by Gasteiger charge is -2.47. The largest absolute Gasteiger partial charge is 0.389 e. The summed E-state index contributed by atoms with van der Waals surface area (Å²) in [6.45, 7) is 5.05. The lowest BCUT2D eigenvalue weighted by Crippen LogP contribution is -2.51. The van der Waals surface area contributed by atoms with Gasteiger partial charge < -0.3 is 5.11 Å². The van der Waals surface area contributed by atoms with E-state index in [0.717, 1.165) is 31.3 Å². The van der Waals surface area contributed by atoms with Gasteiger partial charge in [0, 0.05) is 11.8 Å². The summed E-state index contributed by atoms with van der Waals surface area (Å²) in [5, 5.41) is 10.6. The van der Waals surface area contributed by atoms with Gasteiger partial charge in [-0.3, -0.25) is 9.59 Å². The van der Waals surface area contributed by atoms with Gasteiger partial charge in [-0.1, -0.05) is 12.8 Å². The molecule has 2 aliphatic rings. The molecule has 1 spiro atoms. The molecule has 0 heterocycles. The number of aliphatic hydroxyl groups is 1. The number of carbonyl (C=O) groups is 2. The fourth-order valence-electron chi connectivity index (χ4n) is 3.78. The summed E-state index contributed by atoms with van der Waals surface area (Å²) in [6, 6.07) is 0. The van der Waals surface area contributed by atoms with E-state index in [1.807, 2.05) is 6.92 Å². The van der Waals surface area contributed by atoms with Crippen LogP contribution in [-0.2, 0) is 9.59 Å². The van der Waals surface area contributed by atoms with E-state index in [4.69, 9.17) is 0 Å². The van der Waals surface area contributed by atoms with E-state index in [9.17, 15) is 14.7 Å². The highest BCUT2D eigenvalue weighted by Crippen LogP contribution is 2.56. The average Bonchev–Trinajstić information content (AvgIpc) is 2.63. The SMILES string of the molecule is CC(=O)C1=C(C)C2(CCCC2)C(C)(O)CC1=O. The Labute approximate surface area is 102 Å². The van der Waals surface area contributed by atoms with Gasteiger partial charge in [0.15, 0.2) is 11.6 Å². The van der Waals surface area contributed by atoms with Crippen LogP contribution in [0.1, 0.15) is 52.9 Å². The molecule has 0 aromatic rings. The Balaban J connectivity index is 2.61. The van der Waals surface area contributed by atoms with Crippen molar-refractivity contribution in [2.24, 2.45) is 5.41 Å². The van der Waals surface area contributed by atoms with Crippen molar-refractivity contribution in [3.05, 3.63) is 11.1 Å². The minimum absolute atomic E-state index is 0.0826. The molecule has 3 nitrogen and oxygen atoms in total. The van der Waals surface area contributed by atoms with Crippen molar-refractivity contribution in [2.45, 2.75) is 58.5 Å². The molecule has 17 heavy (non-hydrogen) atoms. The zero-order valence-corrected chi connectivity index (χ0v) is 10.8. The van der Waals surface area contributed by atoms with Crippen LogP contribution in [-0.4, -0.2) is 22.3 Å². The van der Waals surface area contributed by atoms with Gasteiger partial charge in [0.25, 0.3) is 0 Å². The van der Waals surface area contributed by atoms with Crippen LogP contribution in [0.5, 0.6) is 0 Å². The van der Waals surface area contributed by atoms with E-state index in [-0.39, 0.29) is 23.4 Å². The number of ketones is 2. The van der Waals surface area contributed by atoms with Gasteiger partial charge in [-0.25, -0.2) is 0 Å². The molecular weight excluding hydrogens is 216 g/mol. The van der Waals surface area contributed by atoms with Gasteiger partial charge in [-0.15, -0.1) is 0 Å². The van der Waals surface area contributed by atoms with Crippen LogP contribution in [0.3, 0.4) is 0 Å². The van der Waals surface area contributed by atoms with Gasteiger partial charge in [-0.2, -0.15) is 0 Å². The number of Topliss-reactive ketones (excluding diaryl/α,β-unsaturated/α-hetero) is 2. The van der Waals surface area contributed by atoms with Crippen LogP contribution in [0.25, 0.3) is 0 Å². The van der Waals surface area contributed by atoms with Gasteiger partial charge in [0.1, 0.15) is 0 Å². The quantitative estimate of drug-likeness (QED) is 0.710. The minimum atomic E-state index is -0.996. The zero-order chi connectivity index (χ0) is 12.8. The third-order valence-corrected chi connectivity index (χ3v) is 4.72. The maximum absolute atomic E-state index is 12.0. The molecule has 1 unspecified atom stereocenters. The lowest BCUT2D eigenvalue weighted by molar-refractivity contribution is -0.131. The summed E-state index contributed by atoms with van der Waals surface area (Å²) >= 11 is 0. The number of rotatable bonds is 1. The number of allylic oxidation sites excluding steroid dienone is 1. The Bertz CT molecular complexity index is 409. The van der Waals surface area contributed by atoms with Crippen molar-refractivity contribution in [2.75, 3.05) is 0 Å². The molecule has 0 amide bonds. The molecule has 0 aromatic heterocycles. The molecule has 1 N–H and O–H groups in total. The molecule has 1 fully saturated rings. The van der Waals surface area contributed by atoms with Gasteiger partial charge >= 0.3 is 0 Å². The second kappa shape index (κ2) is 3.77. The van der Waals surface area contributed by atoms with Crippen molar-refractivity contribution < 1.29 is 14.7 Å². The summed E-state index contributed by atoms with van der Waals surface area (Å²) in [6.07, 6.45) is 3.98.